The number of nitrogens with zero attached hydrogens (tertiary/aromatic N) is 1. The van der Waals surface area contributed by atoms with Gasteiger partial charge in [-0.1, -0.05) is 33.1 Å². The number of halogens is 1. The van der Waals surface area contributed by atoms with Crippen molar-refractivity contribution in [3.05, 3.63) is 29.3 Å². The summed E-state index contributed by atoms with van der Waals surface area (Å²) in [4.78, 5) is 1.10. The summed E-state index contributed by atoms with van der Waals surface area (Å²) in [5, 5.41) is 0. The molecule has 0 aliphatic carbocycles. The average Bonchev–Trinajstić information content (AvgIpc) is 2.64. The lowest BCUT2D eigenvalue weighted by atomic mass is 10.2. The second-order valence-electron chi connectivity index (χ2n) is 1.95. The predicted molar refractivity (Wildman–Crippen MR) is 65.4 cm³/mol. The van der Waals surface area contributed by atoms with Gasteiger partial charge in [0.2, 0.25) is 0 Å². The molecule has 0 aliphatic heterocycles. The van der Waals surface area contributed by atoms with Gasteiger partial charge >= 0.3 is 0 Å². The minimum atomic E-state index is 0.500. The molecule has 0 saturated heterocycles. The van der Waals surface area contributed by atoms with Gasteiger partial charge in [0.25, 0.3) is 0 Å². The smallest absolute Gasteiger partial charge is 0.0785 e. The molecule has 1 heterocycles. The van der Waals surface area contributed by atoms with Crippen molar-refractivity contribution >= 4 is 23.7 Å². The molecule has 0 fully saturated rings. The van der Waals surface area contributed by atoms with Gasteiger partial charge in [-0.2, -0.15) is 4.37 Å². The fourth-order valence-corrected chi connectivity index (χ4v) is 1.53. The maximum Gasteiger partial charge on any atom is 0.0785 e. The van der Waals surface area contributed by atoms with Crippen LogP contribution in [0.1, 0.15) is 30.0 Å². The summed E-state index contributed by atoms with van der Waals surface area (Å²) in [5.74, 6) is 0. The Morgan fingerprint density at radius 3 is 2.00 bits per heavy atom. The highest BCUT2D eigenvalue weighted by Crippen LogP contribution is 2.19. The molecule has 1 aromatic heterocycles. The minimum Gasteiger partial charge on any atom is -0.255 e. The fraction of sp³-hybridized carbons (Fsp3) is 0.364. The zero-order valence-electron chi connectivity index (χ0n) is 9.30. The molecule has 80 valence electrons. The highest BCUT2D eigenvalue weighted by molar-refractivity contribution is 7.07. The van der Waals surface area contributed by atoms with Crippen molar-refractivity contribution in [3.63, 3.8) is 0 Å². The second kappa shape index (κ2) is 10.1. The van der Waals surface area contributed by atoms with E-state index in [2.05, 4.69) is 17.5 Å². The van der Waals surface area contributed by atoms with E-state index in [4.69, 9.17) is 0 Å². The van der Waals surface area contributed by atoms with Crippen LogP contribution < -0.4 is 0 Å². The molecule has 0 saturated carbocycles. The molecule has 14 heavy (non-hydrogen) atoms. The number of aryl methyl sites for hydroxylation is 1. The molecule has 3 heteroatoms. The van der Waals surface area contributed by atoms with Gasteiger partial charge in [0.1, 0.15) is 0 Å². The van der Waals surface area contributed by atoms with E-state index in [1.807, 2.05) is 32.9 Å². The maximum absolute atomic E-state index is 9.50. The molecular formula is C11H18FNS. The Hall–Kier alpha value is -0.960. The van der Waals surface area contributed by atoms with E-state index in [1.165, 1.54) is 11.5 Å². The van der Waals surface area contributed by atoms with Crippen molar-refractivity contribution in [2.24, 2.45) is 0 Å². The monoisotopic (exact) mass is 215 g/mol. The normalized spacial score (nSPS) is 7.50. The Kier molecular flexibility index (Phi) is 11.2. The fourth-order valence-electron chi connectivity index (χ4n) is 0.790. The van der Waals surface area contributed by atoms with Crippen molar-refractivity contribution in [1.29, 1.82) is 0 Å². The van der Waals surface area contributed by atoms with Gasteiger partial charge in [-0.15, -0.1) is 0 Å². The van der Waals surface area contributed by atoms with Gasteiger partial charge in [-0.3, -0.25) is 4.39 Å². The van der Waals surface area contributed by atoms with Gasteiger partial charge in [-0.05, 0) is 24.5 Å². The third kappa shape index (κ3) is 4.33. The van der Waals surface area contributed by atoms with Crippen LogP contribution in [-0.2, 0) is 0 Å². The first kappa shape index (κ1) is 15.5. The Labute approximate surface area is 90.2 Å². The Balaban J connectivity index is 0. The van der Waals surface area contributed by atoms with Gasteiger partial charge < -0.3 is 0 Å². The topological polar surface area (TPSA) is 12.9 Å². The molecule has 0 atom stereocenters. The van der Waals surface area contributed by atoms with Gasteiger partial charge in [0, 0.05) is 5.56 Å². The molecule has 0 radical (unpaired) electrons. The molecule has 1 rings (SSSR count). The van der Waals surface area contributed by atoms with E-state index in [9.17, 15) is 4.39 Å². The first-order valence-corrected chi connectivity index (χ1v) is 5.16. The molecule has 0 bridgehead atoms. The first-order chi connectivity index (χ1) is 6.79. The van der Waals surface area contributed by atoms with E-state index in [0.29, 0.717) is 7.18 Å². The Bertz CT molecular complexity index is 266. The van der Waals surface area contributed by atoms with Crippen LogP contribution in [0, 0.1) is 6.92 Å². The SMILES string of the molecule is C=Cc1snc(C)c1C=C.CC.CF. The average molecular weight is 215 g/mol. The van der Waals surface area contributed by atoms with Crippen molar-refractivity contribution in [3.8, 4) is 0 Å². The third-order valence-electron chi connectivity index (χ3n) is 1.33. The summed E-state index contributed by atoms with van der Waals surface area (Å²) in [6.45, 7) is 13.3. The summed E-state index contributed by atoms with van der Waals surface area (Å²) in [5.41, 5.74) is 2.15. The zero-order valence-corrected chi connectivity index (χ0v) is 10.1. The maximum atomic E-state index is 9.50. The molecule has 1 nitrogen and oxygen atoms in total. The van der Waals surface area contributed by atoms with Gasteiger partial charge in [-0.25, -0.2) is 0 Å². The summed E-state index contributed by atoms with van der Waals surface area (Å²) in [7, 11) is 0.500. The van der Waals surface area contributed by atoms with Crippen LogP contribution in [0.15, 0.2) is 13.2 Å². The lowest BCUT2D eigenvalue weighted by Crippen LogP contribution is -1.74. The summed E-state index contributed by atoms with van der Waals surface area (Å²) in [6.07, 6.45) is 3.62. The zero-order chi connectivity index (χ0) is 11.6. The van der Waals surface area contributed by atoms with E-state index >= 15 is 0 Å². The largest absolute Gasteiger partial charge is 0.255 e. The van der Waals surface area contributed by atoms with Gasteiger partial charge in [0.15, 0.2) is 0 Å². The van der Waals surface area contributed by atoms with Crippen LogP contribution in [0.5, 0.6) is 0 Å². The van der Waals surface area contributed by atoms with Crippen LogP contribution in [0.4, 0.5) is 4.39 Å². The van der Waals surface area contributed by atoms with E-state index < -0.39 is 0 Å². The molecule has 0 N–H and O–H groups in total. The van der Waals surface area contributed by atoms with Crippen LogP contribution in [-0.4, -0.2) is 11.6 Å². The van der Waals surface area contributed by atoms with Crippen LogP contribution >= 0.6 is 11.5 Å². The third-order valence-corrected chi connectivity index (χ3v) is 2.27. The number of aromatic nitrogens is 1. The summed E-state index contributed by atoms with van der Waals surface area (Å²) in [6, 6.07) is 0. The molecular weight excluding hydrogens is 197 g/mol. The first-order valence-electron chi connectivity index (χ1n) is 4.38. The highest BCUT2D eigenvalue weighted by atomic mass is 32.1. The van der Waals surface area contributed by atoms with Crippen LogP contribution in [0.3, 0.4) is 0 Å². The number of hydrogen-bond donors (Lipinski definition) is 0. The highest BCUT2D eigenvalue weighted by Gasteiger charge is 2.01. The second-order valence-corrected chi connectivity index (χ2v) is 2.76. The summed E-state index contributed by atoms with van der Waals surface area (Å²) < 4.78 is 13.7. The van der Waals surface area contributed by atoms with Crippen molar-refractivity contribution < 1.29 is 4.39 Å². The summed E-state index contributed by atoms with van der Waals surface area (Å²) >= 11 is 1.46. The predicted octanol–water partition coefficient (Wildman–Crippen LogP) is 4.35. The molecule has 0 aliphatic rings. The van der Waals surface area contributed by atoms with Crippen molar-refractivity contribution in [1.82, 2.24) is 4.37 Å². The van der Waals surface area contributed by atoms with E-state index in [1.54, 1.807) is 0 Å². The lowest BCUT2D eigenvalue weighted by molar-refractivity contribution is 0.636. The van der Waals surface area contributed by atoms with Crippen LogP contribution in [0.2, 0.25) is 0 Å². The van der Waals surface area contributed by atoms with E-state index in [-0.39, 0.29) is 0 Å². The molecule has 0 spiro atoms. The lowest BCUT2D eigenvalue weighted by Gasteiger charge is -1.87. The molecule has 0 unspecified atom stereocenters. The molecule has 0 amide bonds. The van der Waals surface area contributed by atoms with Gasteiger partial charge in [0.05, 0.1) is 17.7 Å². The standard InChI is InChI=1S/C8H9NS.C2H6.CH3F/c1-4-7-6(3)9-10-8(7)5-2;2*1-2/h4-5H,1-2H2,3H3;1-2H3;1H3. The number of rotatable bonds is 2. The van der Waals surface area contributed by atoms with Crippen molar-refractivity contribution in [2.75, 3.05) is 7.18 Å². The Morgan fingerprint density at radius 1 is 1.21 bits per heavy atom. The minimum absolute atomic E-state index is 0.500. The Morgan fingerprint density at radius 2 is 1.71 bits per heavy atom. The quantitative estimate of drug-likeness (QED) is 0.714. The molecule has 0 aromatic carbocycles. The molecule has 1 aromatic rings. The van der Waals surface area contributed by atoms with Crippen molar-refractivity contribution in [2.45, 2.75) is 20.8 Å². The number of hydrogen-bond acceptors (Lipinski definition) is 2. The number of alkyl halides is 1. The van der Waals surface area contributed by atoms with E-state index in [0.717, 1.165) is 16.1 Å². The van der Waals surface area contributed by atoms with Crippen LogP contribution in [0.25, 0.3) is 12.2 Å².